The van der Waals surface area contributed by atoms with Crippen molar-refractivity contribution < 1.29 is 19.1 Å². The maximum atomic E-state index is 12.1. The van der Waals surface area contributed by atoms with Crippen molar-refractivity contribution in [3.8, 4) is 23.0 Å². The summed E-state index contributed by atoms with van der Waals surface area (Å²) in [7, 11) is 1.83. The summed E-state index contributed by atoms with van der Waals surface area (Å²) in [6.07, 6.45) is 3.09. The van der Waals surface area contributed by atoms with Crippen LogP contribution in [0.4, 0.5) is 0 Å². The van der Waals surface area contributed by atoms with Crippen molar-refractivity contribution in [2.75, 3.05) is 13.6 Å². The van der Waals surface area contributed by atoms with Crippen molar-refractivity contribution >= 4 is 11.9 Å². The van der Waals surface area contributed by atoms with Gasteiger partial charge in [0.05, 0.1) is 12.1 Å². The van der Waals surface area contributed by atoms with Crippen LogP contribution in [0, 0.1) is 0 Å². The Hall–Kier alpha value is -3.86. The number of pyridine rings is 2. The number of nitrogens with zero attached hydrogens (tertiary/aromatic N) is 7. The number of aromatic nitrogens is 6. The zero-order valence-electron chi connectivity index (χ0n) is 21.6. The van der Waals surface area contributed by atoms with E-state index in [0.717, 1.165) is 5.56 Å². The van der Waals surface area contributed by atoms with Crippen molar-refractivity contribution in [3.63, 3.8) is 0 Å². The van der Waals surface area contributed by atoms with Gasteiger partial charge >= 0.3 is 11.9 Å². The molecule has 0 fully saturated rings. The Bertz CT molecular complexity index is 1180. The van der Waals surface area contributed by atoms with Gasteiger partial charge in [0.25, 0.3) is 0 Å². The molecule has 0 N–H and O–H groups in total. The first-order chi connectivity index (χ1) is 16.8. The van der Waals surface area contributed by atoms with E-state index in [4.69, 9.17) is 9.47 Å². The number of hydrogen-bond donors (Lipinski definition) is 0. The van der Waals surface area contributed by atoms with Gasteiger partial charge in [-0.25, -0.2) is 4.79 Å². The van der Waals surface area contributed by atoms with E-state index in [1.165, 1.54) is 6.20 Å². The second-order valence-corrected chi connectivity index (χ2v) is 10.3. The molecule has 3 heterocycles. The third-order valence-corrected chi connectivity index (χ3v) is 4.43. The number of ether oxygens (including phenoxy) is 2. The van der Waals surface area contributed by atoms with Crippen molar-refractivity contribution in [2.45, 2.75) is 59.3 Å². The molecule has 0 atom stereocenters. The second kappa shape index (κ2) is 10.8. The zero-order chi connectivity index (χ0) is 26.5. The number of carbonyl (C=O) groups excluding carboxylic acids is 2. The molecule has 0 aliphatic carbocycles. The fourth-order valence-electron chi connectivity index (χ4n) is 3.03. The normalized spacial score (nSPS) is 11.9. The quantitative estimate of drug-likeness (QED) is 0.449. The van der Waals surface area contributed by atoms with Gasteiger partial charge in [-0.2, -0.15) is 0 Å². The molecule has 0 aliphatic heterocycles. The molecule has 0 aromatic carbocycles. The van der Waals surface area contributed by atoms with Gasteiger partial charge in [-0.3, -0.25) is 19.7 Å². The maximum Gasteiger partial charge on any atom is 0.340 e. The van der Waals surface area contributed by atoms with Gasteiger partial charge in [0.15, 0.2) is 0 Å². The first kappa shape index (κ1) is 26.7. The molecular formula is C25H31N7O4. The van der Waals surface area contributed by atoms with Crippen LogP contribution in [-0.4, -0.2) is 72.0 Å². The van der Waals surface area contributed by atoms with E-state index in [2.05, 4.69) is 30.4 Å². The van der Waals surface area contributed by atoms with Gasteiger partial charge in [0.1, 0.15) is 22.6 Å². The first-order valence-electron chi connectivity index (χ1n) is 11.4. The highest BCUT2D eigenvalue weighted by molar-refractivity contribution is 5.89. The van der Waals surface area contributed by atoms with Crippen molar-refractivity contribution in [3.05, 3.63) is 47.8 Å². The molecule has 0 aliphatic rings. The lowest BCUT2D eigenvalue weighted by Gasteiger charge is -2.22. The van der Waals surface area contributed by atoms with Gasteiger partial charge in [-0.15, -0.1) is 20.4 Å². The number of rotatable bonds is 7. The molecule has 0 radical (unpaired) electrons. The van der Waals surface area contributed by atoms with E-state index in [-0.39, 0.29) is 24.2 Å². The molecule has 190 valence electrons. The predicted molar refractivity (Wildman–Crippen MR) is 131 cm³/mol. The summed E-state index contributed by atoms with van der Waals surface area (Å²) in [5.74, 6) is -0.263. The van der Waals surface area contributed by atoms with Crippen LogP contribution < -0.4 is 0 Å². The third kappa shape index (κ3) is 8.12. The van der Waals surface area contributed by atoms with Gasteiger partial charge in [-0.1, -0.05) is 6.07 Å². The van der Waals surface area contributed by atoms with Crippen LogP contribution in [0.1, 0.15) is 57.5 Å². The summed E-state index contributed by atoms with van der Waals surface area (Å²) in [5, 5.41) is 16.4. The molecule has 0 saturated heterocycles. The van der Waals surface area contributed by atoms with E-state index in [1.54, 1.807) is 45.2 Å². The molecule has 3 aromatic heterocycles. The topological polar surface area (TPSA) is 133 Å². The van der Waals surface area contributed by atoms with Crippen LogP contribution in [0.3, 0.4) is 0 Å². The van der Waals surface area contributed by atoms with E-state index in [9.17, 15) is 9.59 Å². The molecular weight excluding hydrogens is 462 g/mol. The average Bonchev–Trinajstić information content (AvgIpc) is 2.77. The Morgan fingerprint density at radius 3 is 1.75 bits per heavy atom. The summed E-state index contributed by atoms with van der Waals surface area (Å²) >= 11 is 0. The van der Waals surface area contributed by atoms with Gasteiger partial charge in [0.2, 0.25) is 11.6 Å². The minimum absolute atomic E-state index is 0.171. The van der Waals surface area contributed by atoms with Crippen LogP contribution in [0.25, 0.3) is 23.0 Å². The van der Waals surface area contributed by atoms with E-state index >= 15 is 0 Å². The van der Waals surface area contributed by atoms with Crippen LogP contribution in [0.5, 0.6) is 0 Å². The molecule has 3 aromatic rings. The molecule has 11 heteroatoms. The van der Waals surface area contributed by atoms with E-state index < -0.39 is 17.2 Å². The third-order valence-electron chi connectivity index (χ3n) is 4.43. The zero-order valence-corrected chi connectivity index (χ0v) is 21.6. The van der Waals surface area contributed by atoms with Crippen molar-refractivity contribution in [1.29, 1.82) is 0 Å². The summed E-state index contributed by atoms with van der Waals surface area (Å²) in [6, 6.07) is 6.84. The minimum atomic E-state index is -0.592. The lowest BCUT2D eigenvalue weighted by Crippen LogP contribution is -2.32. The molecule has 11 nitrogen and oxygen atoms in total. The highest BCUT2D eigenvalue weighted by Gasteiger charge is 2.19. The van der Waals surface area contributed by atoms with Crippen LogP contribution in [0.15, 0.2) is 36.7 Å². The van der Waals surface area contributed by atoms with Gasteiger partial charge < -0.3 is 9.47 Å². The molecule has 36 heavy (non-hydrogen) atoms. The Kier molecular flexibility index (Phi) is 8.03. The standard InChI is InChI=1S/C25H31N7O4/c1-24(2,3)35-20(33)15-32(7)14-16-8-10-18(26-12-16)21-28-30-22(31-29-21)19-11-9-17(13-27-19)23(34)36-25(4,5)6/h8-13H,14-15H2,1-7H3. The fourth-order valence-corrected chi connectivity index (χ4v) is 3.03. The average molecular weight is 494 g/mol. The van der Waals surface area contributed by atoms with Crippen molar-refractivity contribution in [2.24, 2.45) is 0 Å². The maximum absolute atomic E-state index is 12.1. The highest BCUT2D eigenvalue weighted by Crippen LogP contribution is 2.16. The Morgan fingerprint density at radius 2 is 1.31 bits per heavy atom. The van der Waals surface area contributed by atoms with Crippen LogP contribution >= 0.6 is 0 Å². The van der Waals surface area contributed by atoms with Crippen molar-refractivity contribution in [1.82, 2.24) is 35.3 Å². The van der Waals surface area contributed by atoms with Crippen LogP contribution in [-0.2, 0) is 20.8 Å². The smallest absolute Gasteiger partial charge is 0.340 e. The van der Waals surface area contributed by atoms with Gasteiger partial charge in [-0.05, 0) is 72.4 Å². The van der Waals surface area contributed by atoms with Crippen LogP contribution in [0.2, 0.25) is 0 Å². The number of esters is 2. The lowest BCUT2D eigenvalue weighted by molar-refractivity contribution is -0.155. The van der Waals surface area contributed by atoms with E-state index in [0.29, 0.717) is 23.5 Å². The summed E-state index contributed by atoms with van der Waals surface area (Å²) in [6.45, 7) is 11.6. The molecule has 0 amide bonds. The largest absolute Gasteiger partial charge is 0.459 e. The van der Waals surface area contributed by atoms with E-state index in [1.807, 2.05) is 38.8 Å². The Balaban J connectivity index is 1.61. The van der Waals surface area contributed by atoms with Gasteiger partial charge in [0, 0.05) is 18.9 Å². The number of hydrogen-bond acceptors (Lipinski definition) is 11. The molecule has 3 rings (SSSR count). The summed E-state index contributed by atoms with van der Waals surface area (Å²) in [5.41, 5.74) is 1.06. The molecule has 0 saturated carbocycles. The summed E-state index contributed by atoms with van der Waals surface area (Å²) in [4.78, 5) is 34.6. The second-order valence-electron chi connectivity index (χ2n) is 10.3. The highest BCUT2D eigenvalue weighted by atomic mass is 16.6. The molecule has 0 spiro atoms. The molecule has 0 unspecified atom stereocenters. The molecule has 0 bridgehead atoms. The summed E-state index contributed by atoms with van der Waals surface area (Å²) < 4.78 is 10.7. The predicted octanol–water partition coefficient (Wildman–Crippen LogP) is 3.12. The Morgan fingerprint density at radius 1 is 0.778 bits per heavy atom. The lowest BCUT2D eigenvalue weighted by atomic mass is 10.2. The number of carbonyl (C=O) groups is 2. The first-order valence-corrected chi connectivity index (χ1v) is 11.4. The SMILES string of the molecule is CN(CC(=O)OC(C)(C)C)Cc1ccc(-c2nnc(-c3ccc(C(=O)OC(C)(C)C)cn3)nn2)nc1. The monoisotopic (exact) mass is 493 g/mol. The fraction of sp³-hybridized carbons (Fsp3) is 0.440. The Labute approximate surface area is 210 Å². The minimum Gasteiger partial charge on any atom is -0.459 e. The number of likely N-dealkylation sites (N-methyl/N-ethyl adjacent to an activating group) is 1.